The number of nitrogens with one attached hydrogen (secondary N) is 2. The zero-order valence-corrected chi connectivity index (χ0v) is 16.1. The van der Waals surface area contributed by atoms with E-state index in [1.807, 2.05) is 6.07 Å². The van der Waals surface area contributed by atoms with Crippen molar-refractivity contribution in [2.45, 2.75) is 19.9 Å². The zero-order valence-electron chi connectivity index (χ0n) is 16.1. The summed E-state index contributed by atoms with van der Waals surface area (Å²) in [5, 5.41) is 5.24. The second kappa shape index (κ2) is 10.1. The topological polar surface area (TPSA) is 93.7 Å². The van der Waals surface area contributed by atoms with Gasteiger partial charge >= 0.3 is 12.0 Å². The summed E-state index contributed by atoms with van der Waals surface area (Å²) in [6, 6.07) is 14.1. The molecule has 0 aliphatic carbocycles. The van der Waals surface area contributed by atoms with E-state index in [-0.39, 0.29) is 11.7 Å². The number of hydrogen-bond acceptors (Lipinski definition) is 5. The van der Waals surface area contributed by atoms with Gasteiger partial charge in [0.15, 0.2) is 6.61 Å². The summed E-state index contributed by atoms with van der Waals surface area (Å²) in [5.74, 6) is -0.886. The molecule has 2 rings (SSSR count). The van der Waals surface area contributed by atoms with Gasteiger partial charge in [-0.2, -0.15) is 0 Å². The molecule has 0 aliphatic rings. The van der Waals surface area contributed by atoms with Crippen LogP contribution in [0.1, 0.15) is 24.2 Å². The molecule has 0 heterocycles. The van der Waals surface area contributed by atoms with Crippen LogP contribution in [0.3, 0.4) is 0 Å². The third-order valence-corrected chi connectivity index (χ3v) is 3.99. The second-order valence-electron chi connectivity index (χ2n) is 6.42. The van der Waals surface area contributed by atoms with Crippen LogP contribution >= 0.6 is 0 Å². The van der Waals surface area contributed by atoms with Crippen molar-refractivity contribution >= 4 is 23.5 Å². The van der Waals surface area contributed by atoms with Gasteiger partial charge in [0.1, 0.15) is 11.8 Å². The Labute approximate surface area is 164 Å². The zero-order chi connectivity index (χ0) is 20.5. The molecule has 2 aromatic carbocycles. The first kappa shape index (κ1) is 21.0. The van der Waals surface area contributed by atoms with Gasteiger partial charge in [0, 0.05) is 5.69 Å². The number of urea groups is 1. The Hall–Kier alpha value is -3.35. The summed E-state index contributed by atoms with van der Waals surface area (Å²) in [5.41, 5.74) is 0.927. The van der Waals surface area contributed by atoms with Crippen LogP contribution in [0.15, 0.2) is 54.6 Å². The van der Waals surface area contributed by atoms with Crippen LogP contribution in [0, 0.1) is 5.92 Å². The minimum atomic E-state index is -0.894. The molecule has 2 aromatic rings. The Balaban J connectivity index is 1.95. The monoisotopic (exact) mass is 384 g/mol. The normalized spacial score (nSPS) is 11.4. The maximum absolute atomic E-state index is 12.4. The Bertz CT molecular complexity index is 821. The molecule has 0 fully saturated rings. The van der Waals surface area contributed by atoms with Crippen molar-refractivity contribution in [2.75, 3.05) is 19.0 Å². The molecule has 28 heavy (non-hydrogen) atoms. The lowest BCUT2D eigenvalue weighted by molar-refractivity contribution is -0.145. The molecule has 0 saturated carbocycles. The molecule has 0 saturated heterocycles. The van der Waals surface area contributed by atoms with Crippen LogP contribution in [0.25, 0.3) is 0 Å². The highest BCUT2D eigenvalue weighted by Gasteiger charge is 2.27. The second-order valence-corrected chi connectivity index (χ2v) is 6.42. The van der Waals surface area contributed by atoms with Gasteiger partial charge in [-0.15, -0.1) is 0 Å². The lowest BCUT2D eigenvalue weighted by Crippen LogP contribution is -2.47. The highest BCUT2D eigenvalue weighted by Crippen LogP contribution is 2.18. The molecule has 0 bridgehead atoms. The summed E-state index contributed by atoms with van der Waals surface area (Å²) in [6.45, 7) is 3.11. The van der Waals surface area contributed by atoms with Gasteiger partial charge < -0.3 is 20.1 Å². The first-order chi connectivity index (χ1) is 13.4. The molecule has 148 valence electrons. The van der Waals surface area contributed by atoms with Gasteiger partial charge in [0.05, 0.1) is 12.7 Å². The maximum Gasteiger partial charge on any atom is 0.329 e. The molecule has 2 N–H and O–H groups in total. The summed E-state index contributed by atoms with van der Waals surface area (Å²) < 4.78 is 10.3. The molecule has 7 heteroatoms. The standard InChI is InChI=1S/C21H24N2O5/c1-14(2)19(23-21(26)22-15-9-5-4-6-10-15)20(25)28-13-17(24)16-11-7-8-12-18(16)27-3/h4-12,14,19H,13H2,1-3H3,(H2,22,23,26)/t19-/m1/s1. The van der Waals surface area contributed by atoms with E-state index in [9.17, 15) is 14.4 Å². The van der Waals surface area contributed by atoms with Crippen molar-refractivity contribution in [3.05, 3.63) is 60.2 Å². The molecule has 0 spiro atoms. The Morgan fingerprint density at radius 2 is 1.61 bits per heavy atom. The number of ether oxygens (including phenoxy) is 2. The van der Waals surface area contributed by atoms with Crippen LogP contribution in [0.4, 0.5) is 10.5 Å². The number of benzene rings is 2. The number of esters is 1. The van der Waals surface area contributed by atoms with Crippen molar-refractivity contribution in [2.24, 2.45) is 5.92 Å². The Morgan fingerprint density at radius 1 is 0.964 bits per heavy atom. The number of methoxy groups -OCH3 is 1. The average molecular weight is 384 g/mol. The summed E-state index contributed by atoms with van der Waals surface area (Å²) in [7, 11) is 1.46. The summed E-state index contributed by atoms with van der Waals surface area (Å²) in [4.78, 5) is 36.9. The number of carbonyl (C=O) groups is 3. The third-order valence-electron chi connectivity index (χ3n) is 3.99. The first-order valence-electron chi connectivity index (χ1n) is 8.87. The fourth-order valence-corrected chi connectivity index (χ4v) is 2.51. The molecule has 1 atom stereocenters. The lowest BCUT2D eigenvalue weighted by atomic mass is 10.0. The van der Waals surface area contributed by atoms with E-state index in [2.05, 4.69) is 10.6 Å². The number of Topliss-reactive ketones (excluding diaryl/α,β-unsaturated/α-hetero) is 1. The number of amides is 2. The van der Waals surface area contributed by atoms with Crippen LogP contribution in [0.2, 0.25) is 0 Å². The van der Waals surface area contributed by atoms with E-state index in [1.54, 1.807) is 62.4 Å². The lowest BCUT2D eigenvalue weighted by Gasteiger charge is -2.21. The number of para-hydroxylation sites is 2. The van der Waals surface area contributed by atoms with Crippen LogP contribution in [0.5, 0.6) is 5.75 Å². The largest absolute Gasteiger partial charge is 0.496 e. The Morgan fingerprint density at radius 3 is 2.25 bits per heavy atom. The van der Waals surface area contributed by atoms with Gasteiger partial charge in [-0.05, 0) is 30.2 Å². The van der Waals surface area contributed by atoms with E-state index in [4.69, 9.17) is 9.47 Å². The minimum absolute atomic E-state index is 0.226. The molecular formula is C21H24N2O5. The number of anilines is 1. The Kier molecular flexibility index (Phi) is 7.56. The van der Waals surface area contributed by atoms with Crippen molar-refractivity contribution in [1.29, 1.82) is 0 Å². The number of hydrogen-bond donors (Lipinski definition) is 2. The molecule has 2 amide bonds. The number of ketones is 1. The van der Waals surface area contributed by atoms with E-state index in [1.165, 1.54) is 7.11 Å². The van der Waals surface area contributed by atoms with Gasteiger partial charge in [-0.25, -0.2) is 9.59 Å². The predicted molar refractivity (Wildman–Crippen MR) is 106 cm³/mol. The van der Waals surface area contributed by atoms with Crippen molar-refractivity contribution < 1.29 is 23.9 Å². The highest BCUT2D eigenvalue weighted by molar-refractivity contribution is 6.00. The molecular weight excluding hydrogens is 360 g/mol. The summed E-state index contributed by atoms with van der Waals surface area (Å²) >= 11 is 0. The van der Waals surface area contributed by atoms with E-state index < -0.39 is 24.6 Å². The highest BCUT2D eigenvalue weighted by atomic mass is 16.5. The van der Waals surface area contributed by atoms with E-state index in [0.717, 1.165) is 0 Å². The molecule has 0 unspecified atom stereocenters. The number of carbonyl (C=O) groups excluding carboxylic acids is 3. The van der Waals surface area contributed by atoms with E-state index >= 15 is 0 Å². The molecule has 0 aromatic heterocycles. The van der Waals surface area contributed by atoms with Gasteiger partial charge in [-0.3, -0.25) is 4.79 Å². The number of rotatable bonds is 8. The average Bonchev–Trinajstić information content (AvgIpc) is 2.70. The quantitative estimate of drug-likeness (QED) is 0.538. The minimum Gasteiger partial charge on any atom is -0.496 e. The van der Waals surface area contributed by atoms with Crippen molar-refractivity contribution in [3.8, 4) is 5.75 Å². The predicted octanol–water partition coefficient (Wildman–Crippen LogP) is 3.27. The third kappa shape index (κ3) is 5.84. The SMILES string of the molecule is COc1ccccc1C(=O)COC(=O)[C@H](NC(=O)Nc1ccccc1)C(C)C. The van der Waals surface area contributed by atoms with Gasteiger partial charge in [-0.1, -0.05) is 44.2 Å². The fourth-order valence-electron chi connectivity index (χ4n) is 2.51. The smallest absolute Gasteiger partial charge is 0.329 e. The van der Waals surface area contributed by atoms with Gasteiger partial charge in [0.2, 0.25) is 5.78 Å². The molecule has 0 radical (unpaired) electrons. The van der Waals surface area contributed by atoms with Crippen molar-refractivity contribution in [1.82, 2.24) is 5.32 Å². The maximum atomic E-state index is 12.4. The van der Waals surface area contributed by atoms with Crippen LogP contribution in [-0.2, 0) is 9.53 Å². The first-order valence-corrected chi connectivity index (χ1v) is 8.87. The molecule has 7 nitrogen and oxygen atoms in total. The van der Waals surface area contributed by atoms with Crippen LogP contribution < -0.4 is 15.4 Å². The van der Waals surface area contributed by atoms with E-state index in [0.29, 0.717) is 17.0 Å². The fraction of sp³-hybridized carbons (Fsp3) is 0.286. The van der Waals surface area contributed by atoms with Crippen molar-refractivity contribution in [3.63, 3.8) is 0 Å². The molecule has 0 aliphatic heterocycles. The summed E-state index contributed by atoms with van der Waals surface area (Å²) in [6.07, 6.45) is 0. The van der Waals surface area contributed by atoms with Crippen LogP contribution in [-0.4, -0.2) is 37.5 Å². The van der Waals surface area contributed by atoms with Gasteiger partial charge in [0.25, 0.3) is 0 Å².